The van der Waals surface area contributed by atoms with Crippen LogP contribution in [0.25, 0.3) is 33.4 Å². The molecule has 2 heteroatoms. The van der Waals surface area contributed by atoms with Crippen LogP contribution in [-0.4, -0.2) is 9.97 Å². The van der Waals surface area contributed by atoms with Crippen molar-refractivity contribution in [1.82, 2.24) is 9.97 Å². The van der Waals surface area contributed by atoms with E-state index in [0.717, 1.165) is 17.9 Å². The Morgan fingerprint density at radius 1 is 0.778 bits per heavy atom. The molecule has 0 aliphatic carbocycles. The van der Waals surface area contributed by atoms with E-state index in [4.69, 9.17) is 4.98 Å². The number of aromatic amines is 1. The molecule has 0 aliphatic heterocycles. The van der Waals surface area contributed by atoms with Gasteiger partial charge in [-0.2, -0.15) is 0 Å². The summed E-state index contributed by atoms with van der Waals surface area (Å²) in [4.78, 5) is 8.70. The van der Waals surface area contributed by atoms with E-state index in [-0.39, 0.29) is 0 Å². The summed E-state index contributed by atoms with van der Waals surface area (Å²) in [5, 5.41) is 2.49. The lowest BCUT2D eigenvalue weighted by Gasteiger charge is -2.03. The zero-order valence-corrected chi connectivity index (χ0v) is 15.9. The van der Waals surface area contributed by atoms with Crippen LogP contribution in [0.15, 0.2) is 72.8 Å². The Morgan fingerprint density at radius 3 is 2.41 bits per heavy atom. The van der Waals surface area contributed by atoms with Gasteiger partial charge >= 0.3 is 0 Å². The van der Waals surface area contributed by atoms with E-state index in [1.807, 2.05) is 0 Å². The number of fused-ring (bicyclic) bond motifs is 1. The summed E-state index contributed by atoms with van der Waals surface area (Å²) < 4.78 is 0. The van der Waals surface area contributed by atoms with E-state index < -0.39 is 0 Å². The fourth-order valence-electron chi connectivity index (χ4n) is 3.71. The van der Waals surface area contributed by atoms with Gasteiger partial charge in [0.2, 0.25) is 0 Å². The Morgan fingerprint density at radius 2 is 1.56 bits per heavy atom. The van der Waals surface area contributed by atoms with Crippen molar-refractivity contribution in [3.05, 3.63) is 78.5 Å². The third kappa shape index (κ3) is 3.80. The molecular weight excluding hydrogens is 328 g/mol. The standard InChI is InChI=1S/C25H26N2/c1-2-3-4-8-18-23-24(20-13-6-5-7-14-20)27-25(26-23)22-17-11-15-19-12-9-10-16-21(19)22/h5-7,9-17H,2-4,8,18H2,1H3,(H,26,27). The molecule has 27 heavy (non-hydrogen) atoms. The fourth-order valence-corrected chi connectivity index (χ4v) is 3.71. The van der Waals surface area contributed by atoms with Gasteiger partial charge in [-0.3, -0.25) is 0 Å². The summed E-state index contributed by atoms with van der Waals surface area (Å²) in [6.45, 7) is 2.25. The minimum absolute atomic E-state index is 0.969. The van der Waals surface area contributed by atoms with Crippen molar-refractivity contribution < 1.29 is 0 Å². The monoisotopic (exact) mass is 354 g/mol. The largest absolute Gasteiger partial charge is 0.341 e. The average molecular weight is 354 g/mol. The Balaban J connectivity index is 1.76. The van der Waals surface area contributed by atoms with Gasteiger partial charge in [0.15, 0.2) is 0 Å². The number of aromatic nitrogens is 2. The number of hydrogen-bond acceptors (Lipinski definition) is 1. The minimum atomic E-state index is 0.969. The molecule has 1 aromatic heterocycles. The first-order valence-corrected chi connectivity index (χ1v) is 9.99. The number of nitrogens with one attached hydrogen (secondary N) is 1. The fraction of sp³-hybridized carbons (Fsp3) is 0.240. The second-order valence-electron chi connectivity index (χ2n) is 7.12. The van der Waals surface area contributed by atoms with E-state index in [1.54, 1.807) is 0 Å². The van der Waals surface area contributed by atoms with Gasteiger partial charge in [-0.15, -0.1) is 0 Å². The molecule has 1 N–H and O–H groups in total. The minimum Gasteiger partial charge on any atom is -0.341 e. The molecule has 0 saturated heterocycles. The highest BCUT2D eigenvalue weighted by Crippen LogP contribution is 2.31. The second kappa shape index (κ2) is 8.22. The van der Waals surface area contributed by atoms with Crippen molar-refractivity contribution in [2.45, 2.75) is 39.0 Å². The zero-order chi connectivity index (χ0) is 18.5. The van der Waals surface area contributed by atoms with Gasteiger partial charge < -0.3 is 4.98 Å². The molecule has 0 saturated carbocycles. The summed E-state index contributed by atoms with van der Waals surface area (Å²) in [6, 6.07) is 25.5. The lowest BCUT2D eigenvalue weighted by molar-refractivity contribution is 0.662. The molecule has 0 radical (unpaired) electrons. The van der Waals surface area contributed by atoms with Crippen LogP contribution < -0.4 is 0 Å². The van der Waals surface area contributed by atoms with Crippen LogP contribution in [0, 0.1) is 0 Å². The topological polar surface area (TPSA) is 28.7 Å². The summed E-state index contributed by atoms with van der Waals surface area (Å²) in [5.41, 5.74) is 4.70. The predicted molar refractivity (Wildman–Crippen MR) is 115 cm³/mol. The second-order valence-corrected chi connectivity index (χ2v) is 7.12. The molecule has 0 aliphatic rings. The quantitative estimate of drug-likeness (QED) is 0.355. The van der Waals surface area contributed by atoms with Gasteiger partial charge in [0.1, 0.15) is 5.82 Å². The van der Waals surface area contributed by atoms with Crippen LogP contribution >= 0.6 is 0 Å². The zero-order valence-electron chi connectivity index (χ0n) is 15.9. The predicted octanol–water partition coefficient (Wildman–Crippen LogP) is 7.02. The Labute approximate surface area is 161 Å². The van der Waals surface area contributed by atoms with Crippen LogP contribution in [0.1, 0.15) is 38.3 Å². The van der Waals surface area contributed by atoms with Gasteiger partial charge in [-0.25, -0.2) is 4.98 Å². The maximum absolute atomic E-state index is 5.04. The first kappa shape index (κ1) is 17.5. The lowest BCUT2D eigenvalue weighted by Crippen LogP contribution is -1.90. The highest BCUT2D eigenvalue weighted by atomic mass is 14.9. The number of unbranched alkanes of at least 4 members (excludes halogenated alkanes) is 3. The molecule has 0 unspecified atom stereocenters. The molecule has 0 spiro atoms. The molecule has 4 rings (SSSR count). The van der Waals surface area contributed by atoms with Crippen molar-refractivity contribution in [2.75, 3.05) is 0 Å². The van der Waals surface area contributed by atoms with Crippen molar-refractivity contribution in [3.8, 4) is 22.6 Å². The highest BCUT2D eigenvalue weighted by molar-refractivity contribution is 5.95. The number of hydrogen-bond donors (Lipinski definition) is 1. The smallest absolute Gasteiger partial charge is 0.138 e. The normalized spacial score (nSPS) is 11.1. The molecule has 4 aromatic rings. The number of aryl methyl sites for hydroxylation is 1. The average Bonchev–Trinajstić information content (AvgIpc) is 3.15. The van der Waals surface area contributed by atoms with Gasteiger partial charge in [0, 0.05) is 16.8 Å². The van der Waals surface area contributed by atoms with Crippen LogP contribution in [0.3, 0.4) is 0 Å². The lowest BCUT2D eigenvalue weighted by atomic mass is 10.0. The number of imidazole rings is 1. The maximum atomic E-state index is 5.04. The van der Waals surface area contributed by atoms with E-state index in [9.17, 15) is 0 Å². The molecule has 3 aromatic carbocycles. The third-order valence-electron chi connectivity index (χ3n) is 5.15. The summed E-state index contributed by atoms with van der Waals surface area (Å²) >= 11 is 0. The van der Waals surface area contributed by atoms with Gasteiger partial charge in [0.25, 0.3) is 0 Å². The molecule has 0 fully saturated rings. The summed E-state index contributed by atoms with van der Waals surface area (Å²) in [6.07, 6.45) is 6.07. The van der Waals surface area contributed by atoms with Crippen molar-refractivity contribution in [3.63, 3.8) is 0 Å². The van der Waals surface area contributed by atoms with Gasteiger partial charge in [-0.1, -0.05) is 99.0 Å². The first-order chi connectivity index (χ1) is 13.4. The summed E-state index contributed by atoms with van der Waals surface area (Å²) in [5.74, 6) is 0.969. The van der Waals surface area contributed by atoms with Crippen molar-refractivity contribution in [2.24, 2.45) is 0 Å². The van der Waals surface area contributed by atoms with Crippen LogP contribution in [0.5, 0.6) is 0 Å². The highest BCUT2D eigenvalue weighted by Gasteiger charge is 2.14. The molecule has 0 bridgehead atoms. The van der Waals surface area contributed by atoms with Gasteiger partial charge in [0.05, 0.1) is 5.69 Å². The SMILES string of the molecule is CCCCCCc1[nH]c(-c2cccc3ccccc23)nc1-c1ccccc1. The van der Waals surface area contributed by atoms with Crippen molar-refractivity contribution >= 4 is 10.8 Å². The van der Waals surface area contributed by atoms with Crippen molar-refractivity contribution in [1.29, 1.82) is 0 Å². The molecule has 1 heterocycles. The van der Waals surface area contributed by atoms with E-state index in [2.05, 4.69) is 84.7 Å². The van der Waals surface area contributed by atoms with Crippen LogP contribution in [-0.2, 0) is 6.42 Å². The molecule has 0 amide bonds. The van der Waals surface area contributed by atoms with Crippen LogP contribution in [0.4, 0.5) is 0 Å². The first-order valence-electron chi connectivity index (χ1n) is 9.99. The molecule has 2 nitrogen and oxygen atoms in total. The molecule has 0 atom stereocenters. The molecular formula is C25H26N2. The number of nitrogens with zero attached hydrogens (tertiary/aromatic N) is 1. The number of H-pyrrole nitrogens is 1. The Hall–Kier alpha value is -2.87. The number of benzene rings is 3. The maximum Gasteiger partial charge on any atom is 0.138 e. The van der Waals surface area contributed by atoms with E-state index in [1.165, 1.54) is 53.3 Å². The summed E-state index contributed by atoms with van der Waals surface area (Å²) in [7, 11) is 0. The third-order valence-corrected chi connectivity index (χ3v) is 5.15. The number of rotatable bonds is 7. The van der Waals surface area contributed by atoms with Crippen LogP contribution in [0.2, 0.25) is 0 Å². The Bertz CT molecular complexity index is 1010. The van der Waals surface area contributed by atoms with E-state index >= 15 is 0 Å². The molecule has 136 valence electrons. The van der Waals surface area contributed by atoms with E-state index in [0.29, 0.717) is 0 Å². The van der Waals surface area contributed by atoms with Gasteiger partial charge in [-0.05, 0) is 23.6 Å². The Kier molecular flexibility index (Phi) is 5.34.